The van der Waals surface area contributed by atoms with E-state index in [1.54, 1.807) is 4.90 Å². The summed E-state index contributed by atoms with van der Waals surface area (Å²) in [7, 11) is 0. The van der Waals surface area contributed by atoms with Crippen LogP contribution in [0.25, 0.3) is 0 Å². The summed E-state index contributed by atoms with van der Waals surface area (Å²) in [4.78, 5) is 25.2. The fourth-order valence-electron chi connectivity index (χ4n) is 2.05. The molecule has 1 rings (SSSR count). The minimum absolute atomic E-state index is 0. The van der Waals surface area contributed by atoms with E-state index in [2.05, 4.69) is 10.6 Å². The van der Waals surface area contributed by atoms with E-state index >= 15 is 0 Å². The van der Waals surface area contributed by atoms with Gasteiger partial charge in [-0.3, -0.25) is 9.59 Å². The molecule has 1 aliphatic rings. The Morgan fingerprint density at radius 1 is 1.33 bits per heavy atom. The number of carbonyl (C=O) groups excluding carboxylic acids is 2. The predicted molar refractivity (Wildman–Crippen MR) is 73.8 cm³/mol. The molecule has 0 aromatic rings. The van der Waals surface area contributed by atoms with Crippen molar-refractivity contribution in [1.82, 2.24) is 15.5 Å². The summed E-state index contributed by atoms with van der Waals surface area (Å²) < 4.78 is 0. The van der Waals surface area contributed by atoms with Crippen LogP contribution in [0.3, 0.4) is 0 Å². The van der Waals surface area contributed by atoms with Crippen LogP contribution >= 0.6 is 12.4 Å². The molecule has 1 heterocycles. The highest BCUT2D eigenvalue weighted by molar-refractivity contribution is 5.87. The highest BCUT2D eigenvalue weighted by atomic mass is 35.5. The van der Waals surface area contributed by atoms with Crippen LogP contribution in [0.15, 0.2) is 0 Å². The van der Waals surface area contributed by atoms with E-state index in [9.17, 15) is 9.59 Å². The third kappa shape index (κ3) is 5.23. The van der Waals surface area contributed by atoms with Gasteiger partial charge in [0, 0.05) is 13.1 Å². The molecular formula is C12H24ClN3O2. The van der Waals surface area contributed by atoms with Crippen LogP contribution in [0.4, 0.5) is 0 Å². The van der Waals surface area contributed by atoms with Crippen molar-refractivity contribution < 1.29 is 9.59 Å². The molecule has 6 heteroatoms. The third-order valence-electron chi connectivity index (χ3n) is 3.01. The molecule has 1 fully saturated rings. The monoisotopic (exact) mass is 277 g/mol. The summed E-state index contributed by atoms with van der Waals surface area (Å²) in [6, 6.07) is -0.0990. The van der Waals surface area contributed by atoms with E-state index in [-0.39, 0.29) is 36.8 Å². The van der Waals surface area contributed by atoms with Crippen molar-refractivity contribution in [2.24, 2.45) is 0 Å². The minimum Gasteiger partial charge on any atom is -0.355 e. The topological polar surface area (TPSA) is 61.4 Å². The number of carbonyl (C=O) groups is 2. The first-order valence-corrected chi connectivity index (χ1v) is 6.47. The van der Waals surface area contributed by atoms with Gasteiger partial charge in [-0.2, -0.15) is 0 Å². The number of nitrogens with zero attached hydrogens (tertiary/aromatic N) is 1. The van der Waals surface area contributed by atoms with Gasteiger partial charge in [-0.1, -0.05) is 6.42 Å². The first-order chi connectivity index (χ1) is 8.19. The molecule has 18 heavy (non-hydrogen) atoms. The Hall–Kier alpha value is -0.810. The number of halogens is 1. The Morgan fingerprint density at radius 2 is 2.06 bits per heavy atom. The molecular weight excluding hydrogens is 254 g/mol. The van der Waals surface area contributed by atoms with Crippen molar-refractivity contribution in [2.75, 3.05) is 26.2 Å². The third-order valence-corrected chi connectivity index (χ3v) is 3.01. The van der Waals surface area contributed by atoms with Crippen molar-refractivity contribution >= 4 is 24.2 Å². The lowest BCUT2D eigenvalue weighted by molar-refractivity contribution is -0.138. The van der Waals surface area contributed by atoms with E-state index in [1.807, 2.05) is 13.8 Å². The number of nitrogens with one attached hydrogen (secondary N) is 2. The molecule has 2 N–H and O–H groups in total. The molecule has 0 saturated carbocycles. The van der Waals surface area contributed by atoms with Crippen LogP contribution in [-0.4, -0.2) is 48.9 Å². The zero-order chi connectivity index (χ0) is 12.7. The number of piperidine rings is 1. The summed E-state index contributed by atoms with van der Waals surface area (Å²) in [6.07, 6.45) is 3.10. The fraction of sp³-hybridized carbons (Fsp3) is 0.833. The van der Waals surface area contributed by atoms with Gasteiger partial charge >= 0.3 is 0 Å². The Balaban J connectivity index is 0.00000289. The van der Waals surface area contributed by atoms with Crippen LogP contribution in [0, 0.1) is 0 Å². The Bertz CT molecular complexity index is 268. The first kappa shape index (κ1) is 17.2. The minimum atomic E-state index is -0.0990. The average molecular weight is 278 g/mol. The van der Waals surface area contributed by atoms with E-state index in [0.29, 0.717) is 13.1 Å². The van der Waals surface area contributed by atoms with Gasteiger partial charge in [0.05, 0.1) is 12.6 Å². The number of likely N-dealkylation sites (N-methyl/N-ethyl adjacent to an activating group) is 2. The fourth-order valence-corrected chi connectivity index (χ4v) is 2.05. The molecule has 1 saturated heterocycles. The van der Waals surface area contributed by atoms with Crippen LogP contribution in [-0.2, 0) is 9.59 Å². The second kappa shape index (κ2) is 9.16. The molecule has 0 spiro atoms. The van der Waals surface area contributed by atoms with Crippen molar-refractivity contribution in [3.63, 3.8) is 0 Å². The van der Waals surface area contributed by atoms with Crippen molar-refractivity contribution in [1.29, 1.82) is 0 Å². The van der Waals surface area contributed by atoms with Gasteiger partial charge in [0.15, 0.2) is 0 Å². The van der Waals surface area contributed by atoms with Crippen LogP contribution in [0.5, 0.6) is 0 Å². The zero-order valence-electron chi connectivity index (χ0n) is 11.2. The summed E-state index contributed by atoms with van der Waals surface area (Å²) >= 11 is 0. The zero-order valence-corrected chi connectivity index (χ0v) is 12.0. The van der Waals surface area contributed by atoms with Crippen molar-refractivity contribution in [3.05, 3.63) is 0 Å². The van der Waals surface area contributed by atoms with Gasteiger partial charge in [0.25, 0.3) is 0 Å². The summed E-state index contributed by atoms with van der Waals surface area (Å²) in [5.74, 6) is -0.0306. The smallest absolute Gasteiger partial charge is 0.240 e. The Morgan fingerprint density at radius 3 is 2.56 bits per heavy atom. The number of rotatable bonds is 5. The maximum absolute atomic E-state index is 12.2. The van der Waals surface area contributed by atoms with Crippen LogP contribution in [0.1, 0.15) is 33.1 Å². The molecule has 0 bridgehead atoms. The molecule has 106 valence electrons. The van der Waals surface area contributed by atoms with Gasteiger partial charge in [-0.25, -0.2) is 0 Å². The highest BCUT2D eigenvalue weighted by Crippen LogP contribution is 2.09. The predicted octanol–water partition coefficient (Wildman–Crippen LogP) is 0.535. The van der Waals surface area contributed by atoms with Gasteiger partial charge in [0.2, 0.25) is 11.8 Å². The lowest BCUT2D eigenvalue weighted by Crippen LogP contribution is -2.51. The largest absolute Gasteiger partial charge is 0.355 e. The SMILES string of the molecule is CCNC(=O)CN(CC)C(=O)[C@H]1CCCCN1.Cl. The summed E-state index contributed by atoms with van der Waals surface area (Å²) in [5.41, 5.74) is 0. The lowest BCUT2D eigenvalue weighted by atomic mass is 10.0. The number of hydrogen-bond donors (Lipinski definition) is 2. The van der Waals surface area contributed by atoms with E-state index in [0.717, 1.165) is 25.8 Å². The maximum atomic E-state index is 12.2. The number of amides is 2. The number of hydrogen-bond acceptors (Lipinski definition) is 3. The second-order valence-electron chi connectivity index (χ2n) is 4.31. The van der Waals surface area contributed by atoms with Crippen molar-refractivity contribution in [3.8, 4) is 0 Å². The molecule has 0 aromatic heterocycles. The van der Waals surface area contributed by atoms with Gasteiger partial charge in [0.1, 0.15) is 0 Å². The van der Waals surface area contributed by atoms with Gasteiger partial charge < -0.3 is 15.5 Å². The molecule has 0 unspecified atom stereocenters. The first-order valence-electron chi connectivity index (χ1n) is 6.47. The molecule has 1 aliphatic heterocycles. The van der Waals surface area contributed by atoms with Gasteiger partial charge in [-0.05, 0) is 33.2 Å². The molecule has 5 nitrogen and oxygen atoms in total. The molecule has 0 aliphatic carbocycles. The standard InChI is InChI=1S/C12H23N3O2.ClH/c1-3-13-11(16)9-15(4-2)12(17)10-7-5-6-8-14-10;/h10,14H,3-9H2,1-2H3,(H,13,16);1H/t10-;/m1./s1. The Kier molecular flexibility index (Phi) is 8.75. The highest BCUT2D eigenvalue weighted by Gasteiger charge is 2.25. The molecule has 1 atom stereocenters. The average Bonchev–Trinajstić information content (AvgIpc) is 2.36. The normalized spacial score (nSPS) is 18.7. The summed E-state index contributed by atoms with van der Waals surface area (Å²) in [5, 5.41) is 5.93. The quantitative estimate of drug-likeness (QED) is 0.771. The van der Waals surface area contributed by atoms with E-state index < -0.39 is 0 Å². The lowest BCUT2D eigenvalue weighted by Gasteiger charge is -2.28. The van der Waals surface area contributed by atoms with Gasteiger partial charge in [-0.15, -0.1) is 12.4 Å². The molecule has 0 aromatic carbocycles. The molecule has 0 radical (unpaired) electrons. The maximum Gasteiger partial charge on any atom is 0.240 e. The summed E-state index contributed by atoms with van der Waals surface area (Å²) in [6.45, 7) is 6.02. The van der Waals surface area contributed by atoms with E-state index in [1.165, 1.54) is 0 Å². The second-order valence-corrected chi connectivity index (χ2v) is 4.31. The Labute approximate surface area is 115 Å². The van der Waals surface area contributed by atoms with E-state index in [4.69, 9.17) is 0 Å². The van der Waals surface area contributed by atoms with Crippen LogP contribution in [0.2, 0.25) is 0 Å². The van der Waals surface area contributed by atoms with Crippen molar-refractivity contribution in [2.45, 2.75) is 39.2 Å². The van der Waals surface area contributed by atoms with Crippen LogP contribution < -0.4 is 10.6 Å². The molecule has 2 amide bonds.